The molecule has 1 saturated heterocycles. The number of hydrogen-bond donors (Lipinski definition) is 1. The van der Waals surface area contributed by atoms with E-state index in [4.69, 9.17) is 0 Å². The molecule has 0 saturated carbocycles. The maximum absolute atomic E-state index is 13.7. The summed E-state index contributed by atoms with van der Waals surface area (Å²) in [6.07, 6.45) is 0.921. The van der Waals surface area contributed by atoms with Crippen LogP contribution in [0.25, 0.3) is 11.3 Å². The Morgan fingerprint density at radius 1 is 1.36 bits per heavy atom. The monoisotopic (exact) mass is 342 g/mol. The first-order chi connectivity index (χ1) is 11.9. The number of amides is 2. The van der Waals surface area contributed by atoms with Gasteiger partial charge in [0.2, 0.25) is 0 Å². The van der Waals surface area contributed by atoms with Gasteiger partial charge in [0.25, 0.3) is 0 Å². The zero-order chi connectivity index (χ0) is 17.7. The second-order valence-corrected chi connectivity index (χ2v) is 7.42. The molecule has 1 aromatic heterocycles. The van der Waals surface area contributed by atoms with Gasteiger partial charge in [0, 0.05) is 48.9 Å². The van der Waals surface area contributed by atoms with E-state index in [2.05, 4.69) is 10.4 Å². The largest absolute Gasteiger partial charge is 0.336 e. The van der Waals surface area contributed by atoms with E-state index in [0.29, 0.717) is 12.5 Å². The molecule has 0 spiro atoms. The average molecular weight is 342 g/mol. The molecule has 132 valence electrons. The molecule has 1 aliphatic heterocycles. The van der Waals surface area contributed by atoms with Crippen molar-refractivity contribution in [2.45, 2.75) is 32.2 Å². The minimum atomic E-state index is -0.254. The summed E-state index contributed by atoms with van der Waals surface area (Å²) in [5.74, 6) is 0.445. The number of nitrogens with zero attached hydrogens (tertiary/aromatic N) is 3. The quantitative estimate of drug-likeness (QED) is 0.912. The summed E-state index contributed by atoms with van der Waals surface area (Å²) in [6, 6.07) is 6.73. The fourth-order valence-electron chi connectivity index (χ4n) is 4.21. The minimum absolute atomic E-state index is 0.00199. The number of fused-ring (bicyclic) bond motifs is 3. The van der Waals surface area contributed by atoms with Crippen molar-refractivity contribution < 1.29 is 9.18 Å². The van der Waals surface area contributed by atoms with E-state index >= 15 is 0 Å². The molecule has 2 atom stereocenters. The van der Waals surface area contributed by atoms with E-state index in [1.54, 1.807) is 6.07 Å². The Bertz CT molecular complexity index is 829. The van der Waals surface area contributed by atoms with Crippen molar-refractivity contribution in [3.8, 4) is 11.3 Å². The van der Waals surface area contributed by atoms with Crippen LogP contribution in [0.5, 0.6) is 0 Å². The summed E-state index contributed by atoms with van der Waals surface area (Å²) < 4.78 is 15.6. The molecule has 0 unspecified atom stereocenters. The van der Waals surface area contributed by atoms with Crippen molar-refractivity contribution in [2.24, 2.45) is 13.0 Å². The van der Waals surface area contributed by atoms with Gasteiger partial charge in [-0.1, -0.05) is 12.1 Å². The topological polar surface area (TPSA) is 50.2 Å². The smallest absolute Gasteiger partial charge is 0.317 e. The molecule has 2 aromatic rings. The summed E-state index contributed by atoms with van der Waals surface area (Å²) in [7, 11) is 1.95. The summed E-state index contributed by atoms with van der Waals surface area (Å²) in [4.78, 5) is 14.3. The van der Waals surface area contributed by atoms with Crippen LogP contribution in [0.2, 0.25) is 0 Å². The fourth-order valence-corrected chi connectivity index (χ4v) is 4.21. The van der Waals surface area contributed by atoms with Crippen molar-refractivity contribution in [1.82, 2.24) is 20.0 Å². The van der Waals surface area contributed by atoms with Gasteiger partial charge in [-0.2, -0.15) is 5.10 Å². The lowest BCUT2D eigenvalue weighted by Gasteiger charge is -2.20. The van der Waals surface area contributed by atoms with Gasteiger partial charge in [-0.15, -0.1) is 0 Å². The highest BCUT2D eigenvalue weighted by Crippen LogP contribution is 2.46. The first-order valence-electron chi connectivity index (χ1n) is 8.81. The zero-order valence-electron chi connectivity index (χ0n) is 14.8. The van der Waals surface area contributed by atoms with Crippen LogP contribution in [0.1, 0.15) is 31.0 Å². The lowest BCUT2D eigenvalue weighted by Crippen LogP contribution is -2.42. The third-order valence-corrected chi connectivity index (χ3v) is 5.27. The lowest BCUT2D eigenvalue weighted by atomic mass is 9.94. The summed E-state index contributed by atoms with van der Waals surface area (Å²) in [5, 5.41) is 7.63. The standard InChI is InChI=1S/C19H23FN4O/c1-11(2)21-19(25)24-9-13-8-16-17(15(13)10-24)18(22-23(16)3)12-5-4-6-14(20)7-12/h4-7,11,13,15H,8-10H2,1-3H3,(H,21,25)/t13-,15+/m0/s1. The molecule has 4 rings (SSSR count). The Hall–Kier alpha value is -2.37. The molecule has 2 heterocycles. The second-order valence-electron chi connectivity index (χ2n) is 7.42. The number of rotatable bonds is 2. The number of carbonyl (C=O) groups is 1. The van der Waals surface area contributed by atoms with Crippen molar-refractivity contribution >= 4 is 6.03 Å². The van der Waals surface area contributed by atoms with Gasteiger partial charge in [0.05, 0.1) is 5.69 Å². The molecule has 6 heteroatoms. The van der Waals surface area contributed by atoms with Gasteiger partial charge in [-0.25, -0.2) is 9.18 Å². The Morgan fingerprint density at radius 2 is 2.16 bits per heavy atom. The number of nitrogens with one attached hydrogen (secondary N) is 1. The molecular formula is C19H23FN4O. The second kappa shape index (κ2) is 5.86. The number of hydrogen-bond acceptors (Lipinski definition) is 2. The highest BCUT2D eigenvalue weighted by molar-refractivity contribution is 5.75. The number of carbonyl (C=O) groups excluding carboxylic acids is 1. The van der Waals surface area contributed by atoms with Crippen LogP contribution in [0.3, 0.4) is 0 Å². The number of aromatic nitrogens is 2. The Labute approximate surface area is 146 Å². The van der Waals surface area contributed by atoms with E-state index in [0.717, 1.165) is 24.2 Å². The number of urea groups is 1. The van der Waals surface area contributed by atoms with Gasteiger partial charge in [-0.3, -0.25) is 4.68 Å². The molecule has 25 heavy (non-hydrogen) atoms. The molecule has 5 nitrogen and oxygen atoms in total. The van der Waals surface area contributed by atoms with Crippen molar-refractivity contribution in [3.05, 3.63) is 41.3 Å². The van der Waals surface area contributed by atoms with Crippen molar-refractivity contribution in [1.29, 1.82) is 0 Å². The maximum Gasteiger partial charge on any atom is 0.317 e. The molecule has 2 aliphatic rings. The van der Waals surface area contributed by atoms with Crippen molar-refractivity contribution in [2.75, 3.05) is 13.1 Å². The van der Waals surface area contributed by atoms with Crippen LogP contribution in [0.4, 0.5) is 9.18 Å². The Kier molecular flexibility index (Phi) is 3.78. The van der Waals surface area contributed by atoms with Crippen LogP contribution in [-0.2, 0) is 13.5 Å². The number of likely N-dealkylation sites (tertiary alicyclic amines) is 1. The van der Waals surface area contributed by atoms with Crippen LogP contribution in [0.15, 0.2) is 24.3 Å². The highest BCUT2D eigenvalue weighted by Gasteiger charge is 2.45. The van der Waals surface area contributed by atoms with Crippen LogP contribution >= 0.6 is 0 Å². The molecular weight excluding hydrogens is 319 g/mol. The molecule has 0 radical (unpaired) electrons. The molecule has 1 N–H and O–H groups in total. The summed E-state index contributed by atoms with van der Waals surface area (Å²) in [5.41, 5.74) is 4.08. The Balaban J connectivity index is 1.66. The third kappa shape index (κ3) is 2.69. The highest BCUT2D eigenvalue weighted by atomic mass is 19.1. The van der Waals surface area contributed by atoms with Crippen molar-refractivity contribution in [3.63, 3.8) is 0 Å². The van der Waals surface area contributed by atoms with Gasteiger partial charge in [-0.05, 0) is 38.3 Å². The molecule has 1 fully saturated rings. The molecule has 1 aliphatic carbocycles. The predicted molar refractivity (Wildman–Crippen MR) is 93.8 cm³/mol. The zero-order valence-corrected chi connectivity index (χ0v) is 14.8. The minimum Gasteiger partial charge on any atom is -0.336 e. The predicted octanol–water partition coefficient (Wildman–Crippen LogP) is 2.92. The van der Waals surface area contributed by atoms with Crippen LogP contribution in [-0.4, -0.2) is 39.8 Å². The third-order valence-electron chi connectivity index (χ3n) is 5.27. The number of halogens is 1. The fraction of sp³-hybridized carbons (Fsp3) is 0.474. The van der Waals surface area contributed by atoms with E-state index in [-0.39, 0.29) is 23.8 Å². The average Bonchev–Trinajstić information content (AvgIpc) is 3.17. The van der Waals surface area contributed by atoms with E-state index in [1.165, 1.54) is 23.4 Å². The SMILES string of the molecule is CC(C)NC(=O)N1C[C@@H]2Cc3c(c(-c4cccc(F)c4)nn3C)[C@@H]2C1. The van der Waals surface area contributed by atoms with E-state index in [9.17, 15) is 9.18 Å². The first-order valence-corrected chi connectivity index (χ1v) is 8.81. The number of aryl methyl sites for hydroxylation is 1. The summed E-state index contributed by atoms with van der Waals surface area (Å²) >= 11 is 0. The lowest BCUT2D eigenvalue weighted by molar-refractivity contribution is 0.204. The maximum atomic E-state index is 13.7. The Morgan fingerprint density at radius 3 is 2.88 bits per heavy atom. The van der Waals surface area contributed by atoms with E-state index < -0.39 is 0 Å². The van der Waals surface area contributed by atoms with Gasteiger partial charge in [0.1, 0.15) is 5.82 Å². The van der Waals surface area contributed by atoms with Crippen LogP contribution < -0.4 is 5.32 Å². The van der Waals surface area contributed by atoms with Gasteiger partial charge in [0.15, 0.2) is 0 Å². The molecule has 0 bridgehead atoms. The van der Waals surface area contributed by atoms with Gasteiger partial charge >= 0.3 is 6.03 Å². The normalized spacial score (nSPS) is 21.6. The number of benzene rings is 1. The molecule has 1 aromatic carbocycles. The van der Waals surface area contributed by atoms with Gasteiger partial charge < -0.3 is 10.2 Å². The first kappa shape index (κ1) is 16.1. The van der Waals surface area contributed by atoms with E-state index in [1.807, 2.05) is 36.5 Å². The van der Waals surface area contributed by atoms with Crippen LogP contribution in [0, 0.1) is 11.7 Å². The summed E-state index contributed by atoms with van der Waals surface area (Å²) in [6.45, 7) is 5.40. The molecule has 2 amide bonds.